The maximum Gasteiger partial charge on any atom is 0.168 e. The number of aromatic nitrogens is 2. The van der Waals surface area contributed by atoms with Gasteiger partial charge in [0.2, 0.25) is 0 Å². The van der Waals surface area contributed by atoms with Crippen LogP contribution in [-0.4, -0.2) is 22.9 Å². The number of fused-ring (bicyclic) bond motifs is 1. The zero-order valence-corrected chi connectivity index (χ0v) is 12.7. The number of carbonyl (C=O) groups excluding carboxylic acids is 1. The third-order valence-corrected chi connectivity index (χ3v) is 3.64. The lowest BCUT2D eigenvalue weighted by molar-refractivity contribution is 0.0992. The molecule has 22 heavy (non-hydrogen) atoms. The standard InChI is InChI=1S/C17H13ClN2O2/c1-22-12-8-6-11(7-9-12)16(21)10-15-17(18)20-14-5-3-2-4-13(14)19-15/h2-9H,10H2,1H3. The van der Waals surface area contributed by atoms with E-state index < -0.39 is 0 Å². The summed E-state index contributed by atoms with van der Waals surface area (Å²) in [7, 11) is 1.58. The highest BCUT2D eigenvalue weighted by molar-refractivity contribution is 6.30. The fraction of sp³-hybridized carbons (Fsp3) is 0.118. The molecule has 0 bridgehead atoms. The van der Waals surface area contributed by atoms with Gasteiger partial charge in [-0.1, -0.05) is 23.7 Å². The Balaban J connectivity index is 1.88. The molecule has 0 unspecified atom stereocenters. The van der Waals surface area contributed by atoms with Crippen LogP contribution in [0.1, 0.15) is 16.1 Å². The van der Waals surface area contributed by atoms with E-state index in [1.807, 2.05) is 24.3 Å². The van der Waals surface area contributed by atoms with E-state index in [4.69, 9.17) is 16.3 Å². The van der Waals surface area contributed by atoms with Crippen molar-refractivity contribution in [3.63, 3.8) is 0 Å². The quantitative estimate of drug-likeness (QED) is 0.689. The summed E-state index contributed by atoms with van der Waals surface area (Å²) in [4.78, 5) is 21.0. The monoisotopic (exact) mass is 312 g/mol. The molecule has 0 radical (unpaired) electrons. The number of ether oxygens (including phenoxy) is 1. The molecule has 1 aromatic heterocycles. The molecule has 0 saturated heterocycles. The summed E-state index contributed by atoms with van der Waals surface area (Å²) < 4.78 is 5.08. The molecule has 0 fully saturated rings. The van der Waals surface area contributed by atoms with Gasteiger partial charge < -0.3 is 4.74 Å². The van der Waals surface area contributed by atoms with Crippen LogP contribution >= 0.6 is 11.6 Å². The van der Waals surface area contributed by atoms with E-state index in [1.54, 1.807) is 31.4 Å². The molecule has 0 aliphatic heterocycles. The van der Waals surface area contributed by atoms with Crippen LogP contribution in [-0.2, 0) is 6.42 Å². The molecule has 1 heterocycles. The molecule has 0 aliphatic rings. The molecule has 2 aromatic carbocycles. The Kier molecular flexibility index (Phi) is 4.02. The SMILES string of the molecule is COc1ccc(C(=O)Cc2nc3ccccc3nc2Cl)cc1. The summed E-state index contributed by atoms with van der Waals surface area (Å²) in [6.07, 6.45) is 0.114. The Bertz CT molecular complexity index is 832. The lowest BCUT2D eigenvalue weighted by Gasteiger charge is -2.06. The van der Waals surface area contributed by atoms with Crippen molar-refractivity contribution in [3.8, 4) is 5.75 Å². The number of halogens is 1. The van der Waals surface area contributed by atoms with Crippen LogP contribution in [0.5, 0.6) is 5.75 Å². The van der Waals surface area contributed by atoms with Crippen molar-refractivity contribution >= 4 is 28.4 Å². The number of hydrogen-bond acceptors (Lipinski definition) is 4. The van der Waals surface area contributed by atoms with Gasteiger partial charge in [-0.2, -0.15) is 0 Å². The molecule has 3 rings (SSSR count). The second kappa shape index (κ2) is 6.12. The topological polar surface area (TPSA) is 52.1 Å². The lowest BCUT2D eigenvalue weighted by Crippen LogP contribution is -2.07. The normalized spacial score (nSPS) is 10.6. The predicted octanol–water partition coefficient (Wildman–Crippen LogP) is 3.72. The van der Waals surface area contributed by atoms with Crippen molar-refractivity contribution < 1.29 is 9.53 Å². The molecule has 0 saturated carbocycles. The minimum absolute atomic E-state index is 0.0610. The Hall–Kier alpha value is -2.46. The van der Waals surface area contributed by atoms with Crippen LogP contribution in [0, 0.1) is 0 Å². The molecule has 4 nitrogen and oxygen atoms in total. The molecule has 0 amide bonds. The van der Waals surface area contributed by atoms with Crippen molar-refractivity contribution in [3.05, 3.63) is 64.9 Å². The average molecular weight is 313 g/mol. The Labute approximate surface area is 132 Å². The van der Waals surface area contributed by atoms with Crippen molar-refractivity contribution in [1.29, 1.82) is 0 Å². The molecule has 0 N–H and O–H groups in total. The number of Topliss-reactive ketones (excluding diaryl/α,β-unsaturated/α-hetero) is 1. The number of carbonyl (C=O) groups is 1. The minimum Gasteiger partial charge on any atom is -0.497 e. The van der Waals surface area contributed by atoms with E-state index in [0.717, 1.165) is 5.52 Å². The van der Waals surface area contributed by atoms with Crippen molar-refractivity contribution in [2.75, 3.05) is 7.11 Å². The molecule has 110 valence electrons. The summed E-state index contributed by atoms with van der Waals surface area (Å²) in [6, 6.07) is 14.4. The number of rotatable bonds is 4. The zero-order chi connectivity index (χ0) is 15.5. The first-order chi connectivity index (χ1) is 10.7. The van der Waals surface area contributed by atoms with Gasteiger partial charge >= 0.3 is 0 Å². The van der Waals surface area contributed by atoms with E-state index >= 15 is 0 Å². The summed E-state index contributed by atoms with van der Waals surface area (Å²) >= 11 is 6.14. The summed E-state index contributed by atoms with van der Waals surface area (Å²) in [5, 5.41) is 0.264. The van der Waals surface area contributed by atoms with Gasteiger partial charge in [-0.3, -0.25) is 4.79 Å². The van der Waals surface area contributed by atoms with E-state index in [2.05, 4.69) is 9.97 Å². The smallest absolute Gasteiger partial charge is 0.168 e. The molecule has 0 aliphatic carbocycles. The largest absolute Gasteiger partial charge is 0.497 e. The molecule has 0 spiro atoms. The van der Waals surface area contributed by atoms with Crippen LogP contribution in [0.4, 0.5) is 0 Å². The van der Waals surface area contributed by atoms with Crippen LogP contribution < -0.4 is 4.74 Å². The van der Waals surface area contributed by atoms with Gasteiger partial charge in [0.15, 0.2) is 10.9 Å². The molecule has 5 heteroatoms. The third kappa shape index (κ3) is 2.92. The minimum atomic E-state index is -0.0610. The van der Waals surface area contributed by atoms with Crippen LogP contribution in [0.25, 0.3) is 11.0 Å². The highest BCUT2D eigenvalue weighted by Crippen LogP contribution is 2.19. The Morgan fingerprint density at radius 2 is 1.68 bits per heavy atom. The number of methoxy groups -OCH3 is 1. The Morgan fingerprint density at radius 1 is 1.05 bits per heavy atom. The van der Waals surface area contributed by atoms with Crippen LogP contribution in [0.3, 0.4) is 0 Å². The zero-order valence-electron chi connectivity index (χ0n) is 11.9. The second-order valence-corrected chi connectivity index (χ2v) is 5.14. The number of benzene rings is 2. The summed E-state index contributed by atoms with van der Waals surface area (Å²) in [5.41, 5.74) is 2.52. The molecular formula is C17H13ClN2O2. The van der Waals surface area contributed by atoms with Gasteiger partial charge in [-0.15, -0.1) is 0 Å². The maximum atomic E-state index is 12.3. The van der Waals surface area contributed by atoms with E-state index in [0.29, 0.717) is 22.5 Å². The molecule has 0 atom stereocenters. The highest BCUT2D eigenvalue weighted by Gasteiger charge is 2.13. The first kappa shape index (κ1) is 14.5. The van der Waals surface area contributed by atoms with E-state index in [1.165, 1.54) is 0 Å². The molecular weight excluding hydrogens is 300 g/mol. The predicted molar refractivity (Wildman–Crippen MR) is 85.6 cm³/mol. The van der Waals surface area contributed by atoms with Gasteiger partial charge in [-0.25, -0.2) is 9.97 Å². The Morgan fingerprint density at radius 3 is 2.32 bits per heavy atom. The summed E-state index contributed by atoms with van der Waals surface area (Å²) in [5.74, 6) is 0.647. The van der Waals surface area contributed by atoms with Crippen LogP contribution in [0.2, 0.25) is 5.15 Å². The molecule has 3 aromatic rings. The number of ketones is 1. The van der Waals surface area contributed by atoms with Gasteiger partial charge in [0, 0.05) is 5.56 Å². The van der Waals surface area contributed by atoms with Crippen molar-refractivity contribution in [1.82, 2.24) is 9.97 Å². The van der Waals surface area contributed by atoms with Gasteiger partial charge in [0.1, 0.15) is 5.75 Å². The maximum absolute atomic E-state index is 12.3. The van der Waals surface area contributed by atoms with Gasteiger partial charge in [0.25, 0.3) is 0 Å². The highest BCUT2D eigenvalue weighted by atomic mass is 35.5. The van der Waals surface area contributed by atoms with Gasteiger partial charge in [0.05, 0.1) is 30.3 Å². The lowest BCUT2D eigenvalue weighted by atomic mass is 10.1. The third-order valence-electron chi connectivity index (χ3n) is 3.33. The first-order valence-electron chi connectivity index (χ1n) is 6.76. The number of nitrogens with zero attached hydrogens (tertiary/aromatic N) is 2. The van der Waals surface area contributed by atoms with E-state index in [-0.39, 0.29) is 17.4 Å². The fourth-order valence-electron chi connectivity index (χ4n) is 2.16. The van der Waals surface area contributed by atoms with E-state index in [9.17, 15) is 4.79 Å². The fourth-order valence-corrected chi connectivity index (χ4v) is 2.36. The second-order valence-electron chi connectivity index (χ2n) is 4.78. The van der Waals surface area contributed by atoms with Crippen molar-refractivity contribution in [2.24, 2.45) is 0 Å². The summed E-state index contributed by atoms with van der Waals surface area (Å²) in [6.45, 7) is 0. The van der Waals surface area contributed by atoms with Crippen LogP contribution in [0.15, 0.2) is 48.5 Å². The number of hydrogen-bond donors (Lipinski definition) is 0. The van der Waals surface area contributed by atoms with Crippen molar-refractivity contribution in [2.45, 2.75) is 6.42 Å². The first-order valence-corrected chi connectivity index (χ1v) is 7.13. The average Bonchev–Trinajstić information content (AvgIpc) is 2.55. The van der Waals surface area contributed by atoms with Gasteiger partial charge in [-0.05, 0) is 36.4 Å². The number of para-hydroxylation sites is 2.